The molecule has 0 spiro atoms. The molecule has 0 aliphatic rings. The Kier molecular flexibility index (Phi) is 46.3. The van der Waals surface area contributed by atoms with E-state index in [4.69, 9.17) is 18.5 Å². The third-order valence-corrected chi connectivity index (χ3v) is 11.7. The summed E-state index contributed by atoms with van der Waals surface area (Å²) in [6.45, 7) is 4.04. The second-order valence-electron chi connectivity index (χ2n) is 18.5. The van der Waals surface area contributed by atoms with Gasteiger partial charge in [-0.15, -0.1) is 0 Å². The van der Waals surface area contributed by atoms with Crippen molar-refractivity contribution >= 4 is 19.8 Å². The number of rotatable bonds is 47. The number of nitrogens with zero attached hydrogens (tertiary/aromatic N) is 1. The number of carbonyl (C=O) groups excluding carboxylic acids is 2. The SMILES string of the molecule is CC/C=C\C/C=C\C/C=C\C/C=C\C/C=C\C/C=C\C/C=C\C/C=C\CCCCCCCCCCC(=O)OC(COC(=O)CCCCCCC/C=C\CCCC)COP(=O)([O-])OCC[N+](C)(C)C. The van der Waals surface area contributed by atoms with E-state index < -0.39 is 32.5 Å². The number of hydrogen-bond donors (Lipinski definition) is 0. The quantitative estimate of drug-likeness (QED) is 0.0195. The molecule has 0 saturated carbocycles. The van der Waals surface area contributed by atoms with Crippen LogP contribution in [-0.2, 0) is 32.7 Å². The molecule has 0 amide bonds. The van der Waals surface area contributed by atoms with Gasteiger partial charge < -0.3 is 27.9 Å². The Hall–Kier alpha value is -3.33. The minimum Gasteiger partial charge on any atom is -0.756 e. The number of ether oxygens (including phenoxy) is 2. The van der Waals surface area contributed by atoms with Crippen LogP contribution in [0.2, 0.25) is 0 Å². The van der Waals surface area contributed by atoms with E-state index in [0.29, 0.717) is 23.9 Å². The fourth-order valence-corrected chi connectivity index (χ4v) is 7.38. The predicted octanol–water partition coefficient (Wildman–Crippen LogP) is 15.6. The van der Waals surface area contributed by atoms with Gasteiger partial charge in [-0.1, -0.05) is 194 Å². The van der Waals surface area contributed by atoms with Crippen molar-refractivity contribution in [1.82, 2.24) is 0 Å². The van der Waals surface area contributed by atoms with E-state index >= 15 is 0 Å². The van der Waals surface area contributed by atoms with Crippen LogP contribution < -0.4 is 4.89 Å². The summed E-state index contributed by atoms with van der Waals surface area (Å²) in [5.41, 5.74) is 0. The highest BCUT2D eigenvalue weighted by atomic mass is 31.2. The largest absolute Gasteiger partial charge is 0.756 e. The molecule has 0 fully saturated rings. The van der Waals surface area contributed by atoms with E-state index in [0.717, 1.165) is 116 Å². The average molecular weight is 968 g/mol. The van der Waals surface area contributed by atoms with Gasteiger partial charge in [0.2, 0.25) is 0 Å². The first kappa shape index (κ1) is 64.7. The van der Waals surface area contributed by atoms with E-state index in [-0.39, 0.29) is 26.1 Å². The van der Waals surface area contributed by atoms with Crippen molar-refractivity contribution in [2.75, 3.05) is 47.5 Å². The number of carbonyl (C=O) groups is 2. The number of likely N-dealkylation sites (N-methyl/N-ethyl adjacent to an activating group) is 1. The number of phosphoric ester groups is 1. The van der Waals surface area contributed by atoms with E-state index in [1.54, 1.807) is 0 Å². The molecule has 0 aromatic heterocycles. The minimum absolute atomic E-state index is 0.0392. The number of phosphoric acid groups is 1. The molecule has 0 aliphatic carbocycles. The standard InChI is InChI=1S/C58H98NO8P/c1-6-8-10-12-14-16-18-19-20-21-22-23-24-25-26-27-28-29-30-31-32-33-34-35-36-37-38-39-41-43-45-47-49-51-58(61)67-56(55-66-68(62,63)65-53-52-59(3,4)5)54-64-57(60)50-48-46-44-42-40-17-15-13-11-9-7-2/h8,10,13-16,19-20,22-23,25-26,28-29,31-32,34-35,56H,6-7,9,11-12,17-18,21,24,27,30,33,36-55H2,1-5H3/b10-8-,15-13-,16-14-,20-19-,23-22-,26-25-,29-28-,32-31-,35-34-. The van der Waals surface area contributed by atoms with Crippen LogP contribution in [-0.4, -0.2) is 70.0 Å². The van der Waals surface area contributed by atoms with Gasteiger partial charge in [0.25, 0.3) is 7.82 Å². The lowest BCUT2D eigenvalue weighted by molar-refractivity contribution is -0.870. The van der Waals surface area contributed by atoms with Gasteiger partial charge in [-0.25, -0.2) is 0 Å². The van der Waals surface area contributed by atoms with Crippen LogP contribution in [0.15, 0.2) is 109 Å². The van der Waals surface area contributed by atoms with Crippen molar-refractivity contribution in [2.45, 2.75) is 200 Å². The molecule has 0 heterocycles. The number of allylic oxidation sites excluding steroid dienone is 18. The lowest BCUT2D eigenvalue weighted by Crippen LogP contribution is -2.37. The van der Waals surface area contributed by atoms with Crippen LogP contribution in [0.25, 0.3) is 0 Å². The number of unbranched alkanes of at least 4 members (excludes halogenated alkanes) is 15. The van der Waals surface area contributed by atoms with Gasteiger partial charge >= 0.3 is 11.9 Å². The lowest BCUT2D eigenvalue weighted by atomic mass is 10.1. The summed E-state index contributed by atoms with van der Waals surface area (Å²) in [5.74, 6) is -0.864. The van der Waals surface area contributed by atoms with Crippen molar-refractivity contribution < 1.29 is 42.1 Å². The molecule has 0 saturated heterocycles. The Morgan fingerprint density at radius 1 is 0.471 bits per heavy atom. The van der Waals surface area contributed by atoms with Crippen molar-refractivity contribution in [1.29, 1.82) is 0 Å². The van der Waals surface area contributed by atoms with Crippen LogP contribution in [0.4, 0.5) is 0 Å². The Morgan fingerprint density at radius 3 is 1.26 bits per heavy atom. The summed E-state index contributed by atoms with van der Waals surface area (Å²) in [5, 5.41) is 0. The Bertz CT molecular complexity index is 1520. The first-order valence-electron chi connectivity index (χ1n) is 26.6. The van der Waals surface area contributed by atoms with Crippen LogP contribution in [0.1, 0.15) is 194 Å². The lowest BCUT2D eigenvalue weighted by Gasteiger charge is -2.28. The van der Waals surface area contributed by atoms with Crippen molar-refractivity contribution in [3.05, 3.63) is 109 Å². The van der Waals surface area contributed by atoms with Gasteiger partial charge in [0.05, 0.1) is 27.7 Å². The molecule has 0 aliphatic heterocycles. The minimum atomic E-state index is -4.64. The zero-order valence-corrected chi connectivity index (χ0v) is 44.7. The summed E-state index contributed by atoms with van der Waals surface area (Å²) in [4.78, 5) is 37.6. The summed E-state index contributed by atoms with van der Waals surface area (Å²) in [6.07, 6.45) is 67.1. The zero-order valence-electron chi connectivity index (χ0n) is 43.8. The van der Waals surface area contributed by atoms with E-state index in [2.05, 4.69) is 123 Å². The van der Waals surface area contributed by atoms with Crippen LogP contribution in [0.5, 0.6) is 0 Å². The molecule has 0 aromatic rings. The van der Waals surface area contributed by atoms with Crippen LogP contribution >= 0.6 is 7.82 Å². The van der Waals surface area contributed by atoms with Gasteiger partial charge in [-0.2, -0.15) is 0 Å². The number of esters is 2. The predicted molar refractivity (Wildman–Crippen MR) is 286 cm³/mol. The molecule has 68 heavy (non-hydrogen) atoms. The maximum Gasteiger partial charge on any atom is 0.306 e. The van der Waals surface area contributed by atoms with Crippen LogP contribution in [0.3, 0.4) is 0 Å². The molecule has 9 nitrogen and oxygen atoms in total. The molecule has 0 N–H and O–H groups in total. The van der Waals surface area contributed by atoms with Gasteiger partial charge in [0.15, 0.2) is 6.10 Å². The highest BCUT2D eigenvalue weighted by Crippen LogP contribution is 2.38. The highest BCUT2D eigenvalue weighted by molar-refractivity contribution is 7.45. The van der Waals surface area contributed by atoms with E-state index in [1.165, 1.54) is 38.5 Å². The van der Waals surface area contributed by atoms with E-state index in [9.17, 15) is 19.0 Å². The number of quaternary nitrogens is 1. The van der Waals surface area contributed by atoms with Gasteiger partial charge in [-0.3, -0.25) is 14.2 Å². The number of hydrogen-bond acceptors (Lipinski definition) is 8. The zero-order chi connectivity index (χ0) is 49.9. The van der Waals surface area contributed by atoms with Gasteiger partial charge in [0, 0.05) is 12.8 Å². The highest BCUT2D eigenvalue weighted by Gasteiger charge is 2.21. The van der Waals surface area contributed by atoms with Gasteiger partial charge in [0.1, 0.15) is 19.8 Å². The van der Waals surface area contributed by atoms with Gasteiger partial charge in [-0.05, 0) is 96.3 Å². The molecule has 0 aromatic carbocycles. The van der Waals surface area contributed by atoms with E-state index in [1.807, 2.05) is 21.1 Å². The van der Waals surface area contributed by atoms with Crippen LogP contribution in [0, 0.1) is 0 Å². The third-order valence-electron chi connectivity index (χ3n) is 10.8. The first-order valence-corrected chi connectivity index (χ1v) is 28.1. The second-order valence-corrected chi connectivity index (χ2v) is 19.9. The average Bonchev–Trinajstić information content (AvgIpc) is 3.30. The molecule has 2 atom stereocenters. The molecule has 0 rings (SSSR count). The maximum absolute atomic E-state index is 12.7. The normalized spacial score (nSPS) is 14.3. The monoisotopic (exact) mass is 968 g/mol. The summed E-state index contributed by atoms with van der Waals surface area (Å²) in [6, 6.07) is 0. The molecule has 388 valence electrons. The Balaban J connectivity index is 4.17. The summed E-state index contributed by atoms with van der Waals surface area (Å²) < 4.78 is 34.0. The second kappa shape index (κ2) is 48.7. The smallest absolute Gasteiger partial charge is 0.306 e. The summed E-state index contributed by atoms with van der Waals surface area (Å²) in [7, 11) is 1.14. The third kappa shape index (κ3) is 52.0. The fraction of sp³-hybridized carbons (Fsp3) is 0.655. The molecular weight excluding hydrogens is 870 g/mol. The molecule has 0 radical (unpaired) electrons. The van der Waals surface area contributed by atoms with Crippen molar-refractivity contribution in [2.24, 2.45) is 0 Å². The topological polar surface area (TPSA) is 111 Å². The molecule has 2 unspecified atom stereocenters. The maximum atomic E-state index is 12.7. The summed E-state index contributed by atoms with van der Waals surface area (Å²) >= 11 is 0. The Morgan fingerprint density at radius 2 is 0.838 bits per heavy atom. The molecule has 10 heteroatoms. The Labute approximate surface area is 416 Å². The molecule has 0 bridgehead atoms. The van der Waals surface area contributed by atoms with Crippen molar-refractivity contribution in [3.8, 4) is 0 Å². The van der Waals surface area contributed by atoms with Crippen molar-refractivity contribution in [3.63, 3.8) is 0 Å². The molecular formula is C58H98NO8P. The first-order chi connectivity index (χ1) is 33.0. The fourth-order valence-electron chi connectivity index (χ4n) is 6.65.